The van der Waals surface area contributed by atoms with Crippen molar-refractivity contribution >= 4 is 5.69 Å². The second-order valence-corrected chi connectivity index (χ2v) is 7.12. The Morgan fingerprint density at radius 1 is 1.25 bits per heavy atom. The van der Waals surface area contributed by atoms with E-state index >= 15 is 0 Å². The summed E-state index contributed by atoms with van der Waals surface area (Å²) in [7, 11) is 1.62. The van der Waals surface area contributed by atoms with E-state index in [9.17, 15) is 4.79 Å². The van der Waals surface area contributed by atoms with Crippen LogP contribution in [0, 0.1) is 12.8 Å². The standard InChI is InChI=1S/C21H23N5O2/c1-14-6-5-8-18(24-14)17-10-15(17)13-28-20-11-19(21(27)26(2)25-20)23-12-16-7-3-4-9-22-16/h3-9,11,15,17,23H,10,12-13H2,1-2H3. The Balaban J connectivity index is 1.38. The van der Waals surface area contributed by atoms with Crippen LogP contribution in [0.2, 0.25) is 0 Å². The molecule has 3 heterocycles. The molecule has 0 radical (unpaired) electrons. The number of aryl methyl sites for hydroxylation is 2. The van der Waals surface area contributed by atoms with Gasteiger partial charge in [-0.05, 0) is 37.6 Å². The molecule has 1 aliphatic rings. The van der Waals surface area contributed by atoms with E-state index in [0.717, 1.165) is 23.5 Å². The smallest absolute Gasteiger partial charge is 0.290 e. The van der Waals surface area contributed by atoms with Gasteiger partial charge >= 0.3 is 0 Å². The number of ether oxygens (including phenoxy) is 1. The van der Waals surface area contributed by atoms with Gasteiger partial charge in [0.25, 0.3) is 5.56 Å². The summed E-state index contributed by atoms with van der Waals surface area (Å²) in [5, 5.41) is 7.34. The zero-order chi connectivity index (χ0) is 19.5. The van der Waals surface area contributed by atoms with Crippen molar-refractivity contribution in [2.45, 2.75) is 25.8 Å². The minimum Gasteiger partial charge on any atom is -0.476 e. The second-order valence-electron chi connectivity index (χ2n) is 7.12. The van der Waals surface area contributed by atoms with Gasteiger partial charge in [0.1, 0.15) is 5.69 Å². The minimum atomic E-state index is -0.198. The summed E-state index contributed by atoms with van der Waals surface area (Å²) in [6, 6.07) is 13.5. The molecule has 0 spiro atoms. The number of hydrogen-bond acceptors (Lipinski definition) is 6. The van der Waals surface area contributed by atoms with Gasteiger partial charge in [0.15, 0.2) is 0 Å². The monoisotopic (exact) mass is 377 g/mol. The first-order valence-electron chi connectivity index (χ1n) is 9.38. The largest absolute Gasteiger partial charge is 0.476 e. The third-order valence-electron chi connectivity index (χ3n) is 4.88. The molecule has 28 heavy (non-hydrogen) atoms. The predicted octanol–water partition coefficient (Wildman–Crippen LogP) is 2.67. The maximum atomic E-state index is 12.3. The lowest BCUT2D eigenvalue weighted by Crippen LogP contribution is -2.24. The lowest BCUT2D eigenvalue weighted by atomic mass is 10.2. The van der Waals surface area contributed by atoms with Gasteiger partial charge in [0, 0.05) is 42.5 Å². The van der Waals surface area contributed by atoms with E-state index in [4.69, 9.17) is 4.74 Å². The maximum absolute atomic E-state index is 12.3. The first-order chi connectivity index (χ1) is 13.6. The fourth-order valence-corrected chi connectivity index (χ4v) is 3.22. The number of hydrogen-bond donors (Lipinski definition) is 1. The van der Waals surface area contributed by atoms with Crippen LogP contribution in [0.25, 0.3) is 0 Å². The number of aromatic nitrogens is 4. The fraction of sp³-hybridized carbons (Fsp3) is 0.333. The summed E-state index contributed by atoms with van der Waals surface area (Å²) in [5.41, 5.74) is 3.27. The zero-order valence-corrected chi connectivity index (χ0v) is 16.0. The summed E-state index contributed by atoms with van der Waals surface area (Å²) in [6.07, 6.45) is 2.79. The van der Waals surface area contributed by atoms with E-state index in [-0.39, 0.29) is 5.56 Å². The van der Waals surface area contributed by atoms with Gasteiger partial charge in [0.2, 0.25) is 5.88 Å². The zero-order valence-electron chi connectivity index (χ0n) is 16.0. The van der Waals surface area contributed by atoms with E-state index in [0.29, 0.717) is 36.6 Å². The minimum absolute atomic E-state index is 0.198. The van der Waals surface area contributed by atoms with Crippen LogP contribution in [-0.4, -0.2) is 26.4 Å². The van der Waals surface area contributed by atoms with Crippen molar-refractivity contribution in [3.05, 3.63) is 76.1 Å². The molecule has 1 fully saturated rings. The van der Waals surface area contributed by atoms with Crippen molar-refractivity contribution in [2.75, 3.05) is 11.9 Å². The van der Waals surface area contributed by atoms with Gasteiger partial charge in [-0.3, -0.25) is 14.8 Å². The van der Waals surface area contributed by atoms with Gasteiger partial charge in [0.05, 0.1) is 18.8 Å². The van der Waals surface area contributed by atoms with Crippen molar-refractivity contribution in [3.63, 3.8) is 0 Å². The number of anilines is 1. The highest BCUT2D eigenvalue weighted by atomic mass is 16.5. The van der Waals surface area contributed by atoms with Crippen LogP contribution >= 0.6 is 0 Å². The molecular weight excluding hydrogens is 354 g/mol. The second kappa shape index (κ2) is 7.80. The predicted molar refractivity (Wildman–Crippen MR) is 106 cm³/mol. The molecule has 1 aliphatic carbocycles. The molecule has 7 heteroatoms. The third kappa shape index (κ3) is 4.19. The van der Waals surface area contributed by atoms with Crippen LogP contribution in [0.15, 0.2) is 53.5 Å². The SMILES string of the molecule is Cc1cccc(C2CC2COc2cc(NCc3ccccn3)c(=O)n(C)n2)n1. The average Bonchev–Trinajstić information content (AvgIpc) is 3.48. The third-order valence-corrected chi connectivity index (χ3v) is 4.88. The molecule has 0 amide bonds. The number of nitrogens with one attached hydrogen (secondary N) is 1. The highest BCUT2D eigenvalue weighted by Gasteiger charge is 2.40. The highest BCUT2D eigenvalue weighted by molar-refractivity contribution is 5.43. The van der Waals surface area contributed by atoms with E-state index in [1.165, 1.54) is 4.68 Å². The Labute approximate surface area is 163 Å². The molecule has 0 aromatic carbocycles. The summed E-state index contributed by atoms with van der Waals surface area (Å²) in [4.78, 5) is 21.2. The van der Waals surface area contributed by atoms with Gasteiger partial charge < -0.3 is 10.1 Å². The summed E-state index contributed by atoms with van der Waals surface area (Å²) >= 11 is 0. The van der Waals surface area contributed by atoms with Gasteiger partial charge in [-0.25, -0.2) is 4.68 Å². The summed E-state index contributed by atoms with van der Waals surface area (Å²) in [6.45, 7) is 3.03. The Morgan fingerprint density at radius 3 is 2.93 bits per heavy atom. The lowest BCUT2D eigenvalue weighted by Gasteiger charge is -2.10. The van der Waals surface area contributed by atoms with Crippen LogP contribution in [0.4, 0.5) is 5.69 Å². The Morgan fingerprint density at radius 2 is 2.14 bits per heavy atom. The van der Waals surface area contributed by atoms with Crippen molar-refractivity contribution in [1.29, 1.82) is 0 Å². The normalized spacial score (nSPS) is 17.9. The van der Waals surface area contributed by atoms with E-state index in [1.54, 1.807) is 19.3 Å². The molecule has 1 saturated carbocycles. The molecular formula is C21H23N5O2. The Kier molecular flexibility index (Phi) is 5.06. The lowest BCUT2D eigenvalue weighted by molar-refractivity contribution is 0.278. The number of rotatable bonds is 7. The molecule has 3 aromatic rings. The van der Waals surface area contributed by atoms with Crippen molar-refractivity contribution in [2.24, 2.45) is 13.0 Å². The molecule has 3 aromatic heterocycles. The number of pyridine rings is 2. The van der Waals surface area contributed by atoms with E-state index < -0.39 is 0 Å². The molecule has 0 saturated heterocycles. The van der Waals surface area contributed by atoms with Crippen LogP contribution < -0.4 is 15.6 Å². The highest BCUT2D eigenvalue weighted by Crippen LogP contribution is 2.46. The first-order valence-corrected chi connectivity index (χ1v) is 9.38. The molecule has 144 valence electrons. The van der Waals surface area contributed by atoms with Crippen LogP contribution in [0.3, 0.4) is 0 Å². The summed E-state index contributed by atoms with van der Waals surface area (Å²) < 4.78 is 7.18. The van der Waals surface area contributed by atoms with Gasteiger partial charge in [-0.1, -0.05) is 12.1 Å². The molecule has 0 bridgehead atoms. The fourth-order valence-electron chi connectivity index (χ4n) is 3.22. The van der Waals surface area contributed by atoms with Crippen LogP contribution in [0.5, 0.6) is 5.88 Å². The molecule has 0 aliphatic heterocycles. The Hall–Kier alpha value is -3.22. The van der Waals surface area contributed by atoms with Crippen LogP contribution in [-0.2, 0) is 13.6 Å². The van der Waals surface area contributed by atoms with Crippen LogP contribution in [0.1, 0.15) is 29.4 Å². The first kappa shape index (κ1) is 18.2. The Bertz CT molecular complexity index is 1020. The topological polar surface area (TPSA) is 81.9 Å². The number of nitrogens with zero attached hydrogens (tertiary/aromatic N) is 4. The quantitative estimate of drug-likeness (QED) is 0.682. The molecule has 2 atom stereocenters. The molecule has 4 rings (SSSR count). The van der Waals surface area contributed by atoms with Crippen molar-refractivity contribution < 1.29 is 4.74 Å². The maximum Gasteiger partial charge on any atom is 0.290 e. The van der Waals surface area contributed by atoms with E-state index in [1.807, 2.05) is 37.3 Å². The molecule has 1 N–H and O–H groups in total. The van der Waals surface area contributed by atoms with Gasteiger partial charge in [-0.15, -0.1) is 5.10 Å². The average molecular weight is 377 g/mol. The van der Waals surface area contributed by atoms with Gasteiger partial charge in [-0.2, -0.15) is 0 Å². The summed E-state index contributed by atoms with van der Waals surface area (Å²) in [5.74, 6) is 1.31. The van der Waals surface area contributed by atoms with Crippen molar-refractivity contribution in [3.8, 4) is 5.88 Å². The molecule has 7 nitrogen and oxygen atoms in total. The van der Waals surface area contributed by atoms with Crippen molar-refractivity contribution in [1.82, 2.24) is 19.7 Å². The molecule has 2 unspecified atom stereocenters. The van der Waals surface area contributed by atoms with E-state index in [2.05, 4.69) is 26.4 Å².